The quantitative estimate of drug-likeness (QED) is 0.417. The Morgan fingerprint density at radius 2 is 2.06 bits per heavy atom. The van der Waals surface area contributed by atoms with E-state index in [2.05, 4.69) is 31.0 Å². The summed E-state index contributed by atoms with van der Waals surface area (Å²) in [6, 6.07) is 3.42. The molecule has 4 N–H and O–H groups in total. The van der Waals surface area contributed by atoms with Crippen molar-refractivity contribution in [3.63, 3.8) is 0 Å². The fourth-order valence-corrected chi connectivity index (χ4v) is 2.88. The van der Waals surface area contributed by atoms with E-state index in [1.54, 1.807) is 22.8 Å². The molecule has 9 nitrogen and oxygen atoms in total. The lowest BCUT2D eigenvalue weighted by Crippen LogP contribution is -2.42. The van der Waals surface area contributed by atoms with Crippen molar-refractivity contribution in [2.24, 2.45) is 0 Å². The lowest BCUT2D eigenvalue weighted by Gasteiger charge is -2.23. The van der Waals surface area contributed by atoms with Gasteiger partial charge < -0.3 is 21.1 Å². The lowest BCUT2D eigenvalue weighted by atomic mass is 10.0. The molecule has 0 aromatic carbocycles. The molecule has 1 atom stereocenters. The largest absolute Gasteiger partial charge is 0.387 e. The van der Waals surface area contributed by atoms with E-state index in [1.165, 1.54) is 26.2 Å². The molecule has 0 radical (unpaired) electrons. The molecule has 0 aliphatic rings. The number of rotatable bonds is 8. The highest BCUT2D eigenvalue weighted by Crippen LogP contribution is 2.23. The summed E-state index contributed by atoms with van der Waals surface area (Å²) in [6.07, 6.45) is 3.00. The predicted molar refractivity (Wildman–Crippen MR) is 118 cm³/mol. The van der Waals surface area contributed by atoms with E-state index >= 15 is 0 Å². The van der Waals surface area contributed by atoms with Crippen LogP contribution < -0.4 is 16.0 Å². The van der Waals surface area contributed by atoms with Crippen molar-refractivity contribution < 1.29 is 14.3 Å². The zero-order valence-corrected chi connectivity index (χ0v) is 18.4. The normalized spacial score (nSPS) is 12.8. The second kappa shape index (κ2) is 9.03. The maximum atomic E-state index is 14.0. The topological polar surface area (TPSA) is 116 Å². The van der Waals surface area contributed by atoms with Crippen molar-refractivity contribution in [3.8, 4) is 0 Å². The second-order valence-electron chi connectivity index (χ2n) is 7.94. The van der Waals surface area contributed by atoms with Crippen LogP contribution in [0.25, 0.3) is 5.65 Å². The van der Waals surface area contributed by atoms with Gasteiger partial charge in [-0.3, -0.25) is 4.79 Å². The number of carbonyl (C=O) groups excluding carboxylic acids is 1. The summed E-state index contributed by atoms with van der Waals surface area (Å²) in [5.41, 5.74) is -0.280. The van der Waals surface area contributed by atoms with Crippen molar-refractivity contribution >= 4 is 40.5 Å². The Bertz CT molecular complexity index is 1080. The van der Waals surface area contributed by atoms with Gasteiger partial charge in [0, 0.05) is 24.5 Å². The zero-order chi connectivity index (χ0) is 22.8. The average Bonchev–Trinajstić information content (AvgIpc) is 3.05. The van der Waals surface area contributed by atoms with Crippen LogP contribution in [0, 0.1) is 0 Å². The standard InChI is InChI=1S/C20H25ClFN7O2/c1-11(2)26-14-7-17(27-16-5-6-29-18(28-16)13(21)9-25-29)23-8-12(14)19(30)24-10-15(22)20(3,4)31/h5-9,11,15,31H,10H2,1-4H3,(H,24,30)(H2,23,26,27,28). The third-order valence-electron chi connectivity index (χ3n) is 4.38. The molecule has 11 heteroatoms. The molecule has 0 spiro atoms. The van der Waals surface area contributed by atoms with E-state index in [-0.39, 0.29) is 18.2 Å². The molecular formula is C20H25ClFN7O2. The molecule has 3 aromatic rings. The van der Waals surface area contributed by atoms with Crippen molar-refractivity contribution in [3.05, 3.63) is 41.3 Å². The number of halogens is 2. The van der Waals surface area contributed by atoms with Crippen LogP contribution in [0.5, 0.6) is 0 Å². The number of alkyl halides is 1. The number of pyridine rings is 1. The number of fused-ring (bicyclic) bond motifs is 1. The summed E-state index contributed by atoms with van der Waals surface area (Å²) in [6.45, 7) is 6.23. The molecule has 166 valence electrons. The average molecular weight is 450 g/mol. The molecule has 31 heavy (non-hydrogen) atoms. The summed E-state index contributed by atoms with van der Waals surface area (Å²) in [7, 11) is 0. The van der Waals surface area contributed by atoms with E-state index in [9.17, 15) is 14.3 Å². The molecule has 3 aromatic heterocycles. The molecule has 0 saturated carbocycles. The first-order valence-corrected chi connectivity index (χ1v) is 10.1. The monoisotopic (exact) mass is 449 g/mol. The van der Waals surface area contributed by atoms with Gasteiger partial charge >= 0.3 is 0 Å². The Balaban J connectivity index is 1.81. The second-order valence-corrected chi connectivity index (χ2v) is 8.35. The summed E-state index contributed by atoms with van der Waals surface area (Å²) in [5.74, 6) is 0.451. The van der Waals surface area contributed by atoms with Gasteiger partial charge in [0.25, 0.3) is 5.91 Å². The Hall–Kier alpha value is -2.98. The lowest BCUT2D eigenvalue weighted by molar-refractivity contribution is -0.00177. The number of hydrogen-bond acceptors (Lipinski definition) is 7. The molecular weight excluding hydrogens is 425 g/mol. The van der Waals surface area contributed by atoms with Crippen LogP contribution in [0.2, 0.25) is 5.02 Å². The van der Waals surface area contributed by atoms with Gasteiger partial charge in [0.05, 0.1) is 29.6 Å². The van der Waals surface area contributed by atoms with Crippen LogP contribution in [-0.4, -0.2) is 55.0 Å². The van der Waals surface area contributed by atoms with Gasteiger partial charge in [0.1, 0.15) is 22.8 Å². The minimum atomic E-state index is -1.61. The van der Waals surface area contributed by atoms with Crippen molar-refractivity contribution in [1.29, 1.82) is 0 Å². The highest BCUT2D eigenvalue weighted by molar-refractivity contribution is 6.33. The highest BCUT2D eigenvalue weighted by Gasteiger charge is 2.27. The van der Waals surface area contributed by atoms with Crippen molar-refractivity contribution in [2.45, 2.75) is 45.5 Å². The molecule has 1 amide bonds. The molecule has 0 fully saturated rings. The first-order chi connectivity index (χ1) is 14.5. The summed E-state index contributed by atoms with van der Waals surface area (Å²) in [4.78, 5) is 21.3. The Morgan fingerprint density at radius 1 is 1.32 bits per heavy atom. The Morgan fingerprint density at radius 3 is 2.74 bits per heavy atom. The summed E-state index contributed by atoms with van der Waals surface area (Å²) < 4.78 is 15.5. The summed E-state index contributed by atoms with van der Waals surface area (Å²) in [5, 5.41) is 23.0. The number of anilines is 3. The minimum Gasteiger partial charge on any atom is -0.387 e. The number of amides is 1. The van der Waals surface area contributed by atoms with Crippen molar-refractivity contribution in [1.82, 2.24) is 24.9 Å². The Labute approximate surface area is 184 Å². The highest BCUT2D eigenvalue weighted by atomic mass is 35.5. The first-order valence-electron chi connectivity index (χ1n) is 9.72. The van der Waals surface area contributed by atoms with Crippen LogP contribution in [-0.2, 0) is 0 Å². The number of aromatic nitrogens is 4. The number of nitrogens with one attached hydrogen (secondary N) is 3. The molecule has 3 heterocycles. The third kappa shape index (κ3) is 5.59. The van der Waals surface area contributed by atoms with E-state index < -0.39 is 17.7 Å². The van der Waals surface area contributed by atoms with Crippen LogP contribution in [0.4, 0.5) is 21.7 Å². The van der Waals surface area contributed by atoms with E-state index in [1.807, 2.05) is 13.8 Å². The molecule has 0 aliphatic carbocycles. The first kappa shape index (κ1) is 22.7. The molecule has 1 unspecified atom stereocenters. The number of carbonyl (C=O) groups is 1. The predicted octanol–water partition coefficient (Wildman–Crippen LogP) is 3.18. The van der Waals surface area contributed by atoms with Crippen LogP contribution >= 0.6 is 11.6 Å². The van der Waals surface area contributed by atoms with Crippen LogP contribution in [0.1, 0.15) is 38.1 Å². The van der Waals surface area contributed by atoms with Gasteiger partial charge in [0.15, 0.2) is 5.65 Å². The summed E-state index contributed by atoms with van der Waals surface area (Å²) >= 11 is 6.08. The Kier molecular flexibility index (Phi) is 6.61. The van der Waals surface area contributed by atoms with Crippen LogP contribution in [0.15, 0.2) is 30.7 Å². The number of aliphatic hydroxyl groups is 1. The van der Waals surface area contributed by atoms with Gasteiger partial charge in [-0.1, -0.05) is 11.6 Å². The third-order valence-corrected chi connectivity index (χ3v) is 4.65. The fraction of sp³-hybridized carbons (Fsp3) is 0.400. The molecule has 0 saturated heterocycles. The van der Waals surface area contributed by atoms with E-state index in [0.717, 1.165) is 0 Å². The van der Waals surface area contributed by atoms with Gasteiger partial charge in [-0.2, -0.15) is 5.10 Å². The van der Waals surface area contributed by atoms with E-state index in [0.29, 0.717) is 28.0 Å². The fourth-order valence-electron chi connectivity index (χ4n) is 2.70. The SMILES string of the molecule is CC(C)Nc1cc(Nc2ccn3ncc(Cl)c3n2)ncc1C(=O)NCC(F)C(C)(C)O. The maximum Gasteiger partial charge on any atom is 0.255 e. The smallest absolute Gasteiger partial charge is 0.255 e. The van der Waals surface area contributed by atoms with Gasteiger partial charge in [-0.25, -0.2) is 18.9 Å². The van der Waals surface area contributed by atoms with Gasteiger partial charge in [0.2, 0.25) is 0 Å². The molecule has 3 rings (SSSR count). The van der Waals surface area contributed by atoms with Crippen LogP contribution in [0.3, 0.4) is 0 Å². The van der Waals surface area contributed by atoms with Gasteiger partial charge in [-0.05, 0) is 33.8 Å². The molecule has 0 bridgehead atoms. The van der Waals surface area contributed by atoms with E-state index in [4.69, 9.17) is 11.6 Å². The zero-order valence-electron chi connectivity index (χ0n) is 17.6. The van der Waals surface area contributed by atoms with Crippen molar-refractivity contribution in [2.75, 3.05) is 17.2 Å². The minimum absolute atomic E-state index is 0.0344. The van der Waals surface area contributed by atoms with Gasteiger partial charge in [-0.15, -0.1) is 0 Å². The molecule has 0 aliphatic heterocycles. The maximum absolute atomic E-state index is 14.0. The number of hydrogen-bond donors (Lipinski definition) is 4. The number of nitrogens with zero attached hydrogens (tertiary/aromatic N) is 4.